The number of nitrogens with two attached hydrogens (primary N) is 1. The summed E-state index contributed by atoms with van der Waals surface area (Å²) in [5.74, 6) is 0.366. The average molecular weight is 333 g/mol. The molecule has 1 aromatic heterocycles. The molecule has 7 heteroatoms. The van der Waals surface area contributed by atoms with E-state index in [-0.39, 0.29) is 30.8 Å². The van der Waals surface area contributed by atoms with Crippen LogP contribution in [-0.2, 0) is 16.1 Å². The Kier molecular flexibility index (Phi) is 6.65. The molecule has 3 N–H and O–H groups in total. The lowest BCUT2D eigenvalue weighted by Crippen LogP contribution is -2.31. The van der Waals surface area contributed by atoms with Crippen molar-refractivity contribution in [3.05, 3.63) is 54.0 Å². The lowest BCUT2D eigenvalue weighted by Gasteiger charge is -2.13. The van der Waals surface area contributed by atoms with Crippen LogP contribution in [0.25, 0.3) is 0 Å². The molecule has 1 unspecified atom stereocenters. The zero-order valence-electron chi connectivity index (χ0n) is 13.4. The van der Waals surface area contributed by atoms with E-state index in [1.807, 2.05) is 0 Å². The highest BCUT2D eigenvalue weighted by Gasteiger charge is 2.11. The van der Waals surface area contributed by atoms with Gasteiger partial charge in [-0.05, 0) is 35.9 Å². The molecule has 2 rings (SSSR count). The van der Waals surface area contributed by atoms with E-state index in [0.717, 1.165) is 5.56 Å². The fourth-order valence-corrected chi connectivity index (χ4v) is 1.98. The van der Waals surface area contributed by atoms with Gasteiger partial charge in [-0.1, -0.05) is 0 Å². The van der Waals surface area contributed by atoms with Crippen LogP contribution in [0.5, 0.6) is 11.6 Å². The molecule has 24 heavy (non-hydrogen) atoms. The Morgan fingerprint density at radius 2 is 2.08 bits per heavy atom. The molecule has 0 fully saturated rings. The number of pyridine rings is 1. The number of amides is 1. The lowest BCUT2D eigenvalue weighted by atomic mass is 10.2. The molecule has 0 saturated carbocycles. The predicted octanol–water partition coefficient (Wildman–Crippen LogP) is 1.99. The van der Waals surface area contributed by atoms with Gasteiger partial charge >= 0.3 is 0 Å². The summed E-state index contributed by atoms with van der Waals surface area (Å²) in [6.07, 6.45) is 1.50. The molecule has 0 aliphatic heterocycles. The first kappa shape index (κ1) is 17.8. The summed E-state index contributed by atoms with van der Waals surface area (Å²) in [5.41, 5.74) is 6.32. The highest BCUT2D eigenvalue weighted by molar-refractivity contribution is 5.76. The Labute approximate surface area is 139 Å². The first-order valence-corrected chi connectivity index (χ1v) is 7.48. The Morgan fingerprint density at radius 3 is 2.75 bits per heavy atom. The number of aromatic nitrogens is 1. The van der Waals surface area contributed by atoms with Gasteiger partial charge in [-0.25, -0.2) is 9.37 Å². The van der Waals surface area contributed by atoms with Gasteiger partial charge in [0.2, 0.25) is 11.8 Å². The van der Waals surface area contributed by atoms with Crippen LogP contribution in [0.2, 0.25) is 0 Å². The van der Waals surface area contributed by atoms with Crippen molar-refractivity contribution in [2.24, 2.45) is 5.73 Å². The minimum Gasteiger partial charge on any atom is -0.439 e. The van der Waals surface area contributed by atoms with Gasteiger partial charge in [-0.2, -0.15) is 0 Å². The number of hydrogen-bond donors (Lipinski definition) is 2. The molecule has 0 spiro atoms. The van der Waals surface area contributed by atoms with Crippen LogP contribution in [0.3, 0.4) is 0 Å². The van der Waals surface area contributed by atoms with E-state index >= 15 is 0 Å². The van der Waals surface area contributed by atoms with E-state index in [2.05, 4.69) is 10.3 Å². The number of nitrogens with one attached hydrogen (secondary N) is 1. The molecular weight excluding hydrogens is 313 g/mol. The highest BCUT2D eigenvalue weighted by atomic mass is 19.1. The van der Waals surface area contributed by atoms with E-state index in [0.29, 0.717) is 18.2 Å². The Bertz CT molecular complexity index is 660. The molecule has 0 aliphatic rings. The van der Waals surface area contributed by atoms with Crippen molar-refractivity contribution in [3.63, 3.8) is 0 Å². The molecule has 1 amide bonds. The summed E-state index contributed by atoms with van der Waals surface area (Å²) in [4.78, 5) is 15.9. The largest absolute Gasteiger partial charge is 0.439 e. The third-order valence-corrected chi connectivity index (χ3v) is 3.33. The van der Waals surface area contributed by atoms with Crippen LogP contribution in [0.15, 0.2) is 42.6 Å². The van der Waals surface area contributed by atoms with Crippen molar-refractivity contribution >= 4 is 5.91 Å². The van der Waals surface area contributed by atoms with Crippen molar-refractivity contribution in [2.45, 2.75) is 19.1 Å². The maximum atomic E-state index is 12.9. The van der Waals surface area contributed by atoms with Gasteiger partial charge in [0.1, 0.15) is 11.6 Å². The monoisotopic (exact) mass is 333 g/mol. The van der Waals surface area contributed by atoms with E-state index in [1.165, 1.54) is 31.4 Å². The SMILES string of the molecule is COC(CN)CC(=O)NCc1ccnc(Oc2ccc(F)cc2)c1. The molecule has 1 atom stereocenters. The average Bonchev–Trinajstić information content (AvgIpc) is 2.60. The van der Waals surface area contributed by atoms with Crippen molar-refractivity contribution in [2.75, 3.05) is 13.7 Å². The summed E-state index contributed by atoms with van der Waals surface area (Å²) < 4.78 is 23.5. The smallest absolute Gasteiger partial charge is 0.222 e. The summed E-state index contributed by atoms with van der Waals surface area (Å²) >= 11 is 0. The first-order valence-electron chi connectivity index (χ1n) is 7.48. The van der Waals surface area contributed by atoms with Crippen molar-refractivity contribution in [1.29, 1.82) is 0 Å². The Morgan fingerprint density at radius 1 is 1.33 bits per heavy atom. The molecule has 0 radical (unpaired) electrons. The second kappa shape index (κ2) is 8.95. The molecule has 6 nitrogen and oxygen atoms in total. The number of methoxy groups -OCH3 is 1. The number of benzene rings is 1. The molecule has 0 saturated heterocycles. The second-order valence-electron chi connectivity index (χ2n) is 5.13. The summed E-state index contributed by atoms with van der Waals surface area (Å²) in [7, 11) is 1.52. The standard InChI is InChI=1S/C17H20FN3O3/c1-23-15(10-19)9-16(22)21-11-12-6-7-20-17(8-12)24-14-4-2-13(18)3-5-14/h2-8,15H,9-11,19H2,1H3,(H,21,22). The number of halogens is 1. The Hall–Kier alpha value is -2.51. The molecule has 2 aromatic rings. The van der Waals surface area contributed by atoms with Gasteiger partial charge in [-0.3, -0.25) is 4.79 Å². The molecule has 0 bridgehead atoms. The molecule has 1 aromatic carbocycles. The van der Waals surface area contributed by atoms with Crippen LogP contribution in [-0.4, -0.2) is 30.6 Å². The van der Waals surface area contributed by atoms with Crippen LogP contribution < -0.4 is 15.8 Å². The minimum atomic E-state index is -0.335. The summed E-state index contributed by atoms with van der Waals surface area (Å²) in [6.45, 7) is 0.622. The highest BCUT2D eigenvalue weighted by Crippen LogP contribution is 2.20. The molecule has 0 aliphatic carbocycles. The van der Waals surface area contributed by atoms with Crippen molar-refractivity contribution in [1.82, 2.24) is 10.3 Å². The van der Waals surface area contributed by atoms with Crippen LogP contribution >= 0.6 is 0 Å². The van der Waals surface area contributed by atoms with Crippen LogP contribution in [0, 0.1) is 5.82 Å². The summed E-state index contributed by atoms with van der Waals surface area (Å²) in [6, 6.07) is 9.13. The maximum absolute atomic E-state index is 12.9. The fourth-order valence-electron chi connectivity index (χ4n) is 1.98. The first-order chi connectivity index (χ1) is 11.6. The third kappa shape index (κ3) is 5.60. The number of carbonyl (C=O) groups is 1. The van der Waals surface area contributed by atoms with E-state index in [4.69, 9.17) is 15.2 Å². The number of nitrogens with zero attached hydrogens (tertiary/aromatic N) is 1. The zero-order valence-corrected chi connectivity index (χ0v) is 13.4. The predicted molar refractivity (Wildman–Crippen MR) is 87.0 cm³/mol. The maximum Gasteiger partial charge on any atom is 0.222 e. The van der Waals surface area contributed by atoms with E-state index < -0.39 is 0 Å². The van der Waals surface area contributed by atoms with Crippen LogP contribution in [0.4, 0.5) is 4.39 Å². The minimum absolute atomic E-state index is 0.148. The van der Waals surface area contributed by atoms with Gasteiger partial charge < -0.3 is 20.5 Å². The number of carbonyl (C=O) groups excluding carboxylic acids is 1. The molecular formula is C17H20FN3O3. The van der Waals surface area contributed by atoms with Crippen molar-refractivity contribution in [3.8, 4) is 11.6 Å². The van der Waals surface area contributed by atoms with Gasteiger partial charge in [0, 0.05) is 32.5 Å². The second-order valence-corrected chi connectivity index (χ2v) is 5.13. The third-order valence-electron chi connectivity index (χ3n) is 3.33. The van der Waals surface area contributed by atoms with Gasteiger partial charge in [-0.15, -0.1) is 0 Å². The lowest BCUT2D eigenvalue weighted by molar-refractivity contribution is -0.123. The van der Waals surface area contributed by atoms with Crippen molar-refractivity contribution < 1.29 is 18.7 Å². The van der Waals surface area contributed by atoms with Crippen LogP contribution in [0.1, 0.15) is 12.0 Å². The number of hydrogen-bond acceptors (Lipinski definition) is 5. The van der Waals surface area contributed by atoms with Gasteiger partial charge in [0.05, 0.1) is 12.5 Å². The fraction of sp³-hybridized carbons (Fsp3) is 0.294. The van der Waals surface area contributed by atoms with E-state index in [1.54, 1.807) is 18.3 Å². The number of rotatable bonds is 8. The van der Waals surface area contributed by atoms with Gasteiger partial charge in [0.15, 0.2) is 0 Å². The Balaban J connectivity index is 1.90. The summed E-state index contributed by atoms with van der Waals surface area (Å²) in [5, 5.41) is 2.79. The number of ether oxygens (including phenoxy) is 2. The normalized spacial score (nSPS) is 11.8. The zero-order chi connectivity index (χ0) is 17.4. The topological polar surface area (TPSA) is 86.5 Å². The molecule has 1 heterocycles. The van der Waals surface area contributed by atoms with Gasteiger partial charge in [0.25, 0.3) is 0 Å². The quantitative estimate of drug-likeness (QED) is 0.771. The molecule has 128 valence electrons. The van der Waals surface area contributed by atoms with E-state index in [9.17, 15) is 9.18 Å².